The van der Waals surface area contributed by atoms with Gasteiger partial charge in [-0.05, 0) is 24.8 Å². The molecule has 3 atom stereocenters. The number of aromatic nitrogens is 2. The van der Waals surface area contributed by atoms with Crippen molar-refractivity contribution in [3.63, 3.8) is 0 Å². The number of rotatable bonds is 3. The lowest BCUT2D eigenvalue weighted by molar-refractivity contribution is 0.0975. The Morgan fingerprint density at radius 1 is 1.33 bits per heavy atom. The summed E-state index contributed by atoms with van der Waals surface area (Å²) in [6, 6.07) is 0.294. The third kappa shape index (κ3) is 3.49. The number of nitrogens with two attached hydrogens (primary N) is 1. The van der Waals surface area contributed by atoms with Gasteiger partial charge in [-0.1, -0.05) is 34.6 Å². The van der Waals surface area contributed by atoms with Gasteiger partial charge in [0.2, 0.25) is 0 Å². The summed E-state index contributed by atoms with van der Waals surface area (Å²) in [7, 11) is 2.01. The first-order chi connectivity index (χ1) is 9.74. The number of nitrogens with zero attached hydrogens (tertiary/aromatic N) is 3. The Labute approximate surface area is 129 Å². The lowest BCUT2D eigenvalue weighted by atomic mass is 9.84. The van der Waals surface area contributed by atoms with Crippen LogP contribution in [0.5, 0.6) is 0 Å². The van der Waals surface area contributed by atoms with Crippen LogP contribution in [0, 0.1) is 11.8 Å². The van der Waals surface area contributed by atoms with E-state index in [-0.39, 0.29) is 5.41 Å². The molecule has 2 heterocycles. The number of aryl methyl sites for hydroxylation is 1. The molecule has 2 rings (SSSR count). The largest absolute Gasteiger partial charge is 0.329 e. The second-order valence-electron chi connectivity index (χ2n) is 7.85. The minimum absolute atomic E-state index is 0.0543. The predicted octanol–water partition coefficient (Wildman–Crippen LogP) is 2.70. The summed E-state index contributed by atoms with van der Waals surface area (Å²) < 4.78 is 1.94. The Morgan fingerprint density at radius 2 is 2.00 bits per heavy atom. The number of piperidine rings is 1. The normalized spacial score (nSPS) is 26.0. The van der Waals surface area contributed by atoms with E-state index >= 15 is 0 Å². The van der Waals surface area contributed by atoms with Gasteiger partial charge < -0.3 is 5.73 Å². The van der Waals surface area contributed by atoms with Gasteiger partial charge in [-0.2, -0.15) is 5.10 Å². The summed E-state index contributed by atoms with van der Waals surface area (Å²) in [4.78, 5) is 2.57. The Hall–Kier alpha value is -0.870. The summed E-state index contributed by atoms with van der Waals surface area (Å²) in [5, 5.41) is 4.71. The quantitative estimate of drug-likeness (QED) is 0.932. The topological polar surface area (TPSA) is 47.1 Å². The van der Waals surface area contributed by atoms with Crippen LogP contribution >= 0.6 is 0 Å². The highest BCUT2D eigenvalue weighted by Gasteiger charge is 2.32. The SMILES string of the molecule is CC1CCN(C(CN)c2cn(C)nc2C(C)(C)C)CC1C. The van der Waals surface area contributed by atoms with Gasteiger partial charge in [0, 0.05) is 37.3 Å². The summed E-state index contributed by atoms with van der Waals surface area (Å²) in [6.07, 6.45) is 3.43. The van der Waals surface area contributed by atoms with Crippen molar-refractivity contribution in [3.8, 4) is 0 Å². The molecule has 1 aromatic rings. The Morgan fingerprint density at radius 3 is 2.52 bits per heavy atom. The number of hydrogen-bond donors (Lipinski definition) is 1. The zero-order valence-electron chi connectivity index (χ0n) is 14.6. The minimum Gasteiger partial charge on any atom is -0.329 e. The maximum atomic E-state index is 6.16. The van der Waals surface area contributed by atoms with E-state index in [4.69, 9.17) is 10.8 Å². The van der Waals surface area contributed by atoms with Crippen molar-refractivity contribution < 1.29 is 0 Å². The molecule has 21 heavy (non-hydrogen) atoms. The molecule has 0 radical (unpaired) electrons. The van der Waals surface area contributed by atoms with Crippen LogP contribution < -0.4 is 5.73 Å². The fraction of sp³-hybridized carbons (Fsp3) is 0.824. The second-order valence-corrected chi connectivity index (χ2v) is 7.85. The lowest BCUT2D eigenvalue weighted by Crippen LogP contribution is -2.43. The van der Waals surface area contributed by atoms with Crippen molar-refractivity contribution in [2.45, 2.75) is 52.5 Å². The van der Waals surface area contributed by atoms with Crippen LogP contribution in [-0.2, 0) is 12.5 Å². The molecular formula is C17H32N4. The van der Waals surface area contributed by atoms with Crippen LogP contribution in [0.3, 0.4) is 0 Å². The van der Waals surface area contributed by atoms with E-state index in [1.54, 1.807) is 0 Å². The molecule has 3 unspecified atom stereocenters. The van der Waals surface area contributed by atoms with Crippen LogP contribution in [0.4, 0.5) is 0 Å². The molecule has 0 aromatic carbocycles. The lowest BCUT2D eigenvalue weighted by Gasteiger charge is -2.40. The Kier molecular flexibility index (Phi) is 4.79. The van der Waals surface area contributed by atoms with Gasteiger partial charge in [-0.25, -0.2) is 0 Å². The first kappa shape index (κ1) is 16.5. The molecule has 0 aliphatic carbocycles. The van der Waals surface area contributed by atoms with Crippen molar-refractivity contribution in [1.29, 1.82) is 0 Å². The van der Waals surface area contributed by atoms with Gasteiger partial charge in [0.05, 0.1) is 11.7 Å². The van der Waals surface area contributed by atoms with Gasteiger partial charge in [0.1, 0.15) is 0 Å². The van der Waals surface area contributed by atoms with Crippen molar-refractivity contribution >= 4 is 0 Å². The summed E-state index contributed by atoms with van der Waals surface area (Å²) in [6.45, 7) is 14.4. The first-order valence-electron chi connectivity index (χ1n) is 8.22. The monoisotopic (exact) mass is 292 g/mol. The van der Waals surface area contributed by atoms with Gasteiger partial charge >= 0.3 is 0 Å². The molecule has 4 nitrogen and oxygen atoms in total. The average Bonchev–Trinajstić information content (AvgIpc) is 2.76. The second kappa shape index (κ2) is 6.09. The van der Waals surface area contributed by atoms with Gasteiger partial charge in [0.15, 0.2) is 0 Å². The van der Waals surface area contributed by atoms with Crippen molar-refractivity contribution in [3.05, 3.63) is 17.5 Å². The highest BCUT2D eigenvalue weighted by molar-refractivity contribution is 5.28. The van der Waals surface area contributed by atoms with E-state index in [9.17, 15) is 0 Å². The number of likely N-dealkylation sites (tertiary alicyclic amines) is 1. The highest BCUT2D eigenvalue weighted by atomic mass is 15.3. The Bertz CT molecular complexity index is 472. The van der Waals surface area contributed by atoms with Crippen LogP contribution in [0.1, 0.15) is 58.3 Å². The summed E-state index contributed by atoms with van der Waals surface area (Å²) >= 11 is 0. The van der Waals surface area contributed by atoms with Gasteiger partial charge in [0.25, 0.3) is 0 Å². The molecule has 1 aromatic heterocycles. The van der Waals surface area contributed by atoms with E-state index in [1.807, 2.05) is 11.7 Å². The molecule has 2 N–H and O–H groups in total. The standard InChI is InChI=1S/C17H32N4/c1-12-7-8-21(10-13(12)2)15(9-18)14-11-20(6)19-16(14)17(3,4)5/h11-13,15H,7-10,18H2,1-6H3. The van der Waals surface area contributed by atoms with Crippen LogP contribution in [0.15, 0.2) is 6.20 Å². The predicted molar refractivity (Wildman–Crippen MR) is 88.2 cm³/mol. The molecule has 0 amide bonds. The molecule has 4 heteroatoms. The molecule has 0 spiro atoms. The third-order valence-corrected chi connectivity index (χ3v) is 4.96. The maximum absolute atomic E-state index is 6.16. The molecule has 0 saturated carbocycles. The molecule has 1 saturated heterocycles. The maximum Gasteiger partial charge on any atom is 0.0726 e. The summed E-state index contributed by atoms with van der Waals surface area (Å²) in [5.41, 5.74) is 8.71. The zero-order chi connectivity index (χ0) is 15.8. The van der Waals surface area contributed by atoms with Crippen molar-refractivity contribution in [2.75, 3.05) is 19.6 Å². The first-order valence-corrected chi connectivity index (χ1v) is 8.22. The van der Waals surface area contributed by atoms with Crippen LogP contribution in [-0.4, -0.2) is 34.3 Å². The third-order valence-electron chi connectivity index (χ3n) is 4.96. The molecular weight excluding hydrogens is 260 g/mol. The number of hydrogen-bond acceptors (Lipinski definition) is 3. The molecule has 1 aliphatic rings. The van der Waals surface area contributed by atoms with Gasteiger partial charge in [-0.3, -0.25) is 9.58 Å². The van der Waals surface area contributed by atoms with Crippen molar-refractivity contribution in [2.24, 2.45) is 24.6 Å². The van der Waals surface area contributed by atoms with E-state index in [0.717, 1.165) is 24.9 Å². The average molecular weight is 292 g/mol. The summed E-state index contributed by atoms with van der Waals surface area (Å²) in [5.74, 6) is 1.55. The molecule has 1 fully saturated rings. The van der Waals surface area contributed by atoms with E-state index in [1.165, 1.54) is 17.7 Å². The van der Waals surface area contributed by atoms with Crippen LogP contribution in [0.25, 0.3) is 0 Å². The van der Waals surface area contributed by atoms with Crippen LogP contribution in [0.2, 0.25) is 0 Å². The fourth-order valence-corrected chi connectivity index (χ4v) is 3.38. The molecule has 1 aliphatic heterocycles. The van der Waals surface area contributed by atoms with E-state index in [2.05, 4.69) is 45.7 Å². The Balaban J connectivity index is 2.30. The van der Waals surface area contributed by atoms with E-state index in [0.29, 0.717) is 12.6 Å². The van der Waals surface area contributed by atoms with Gasteiger partial charge in [-0.15, -0.1) is 0 Å². The zero-order valence-corrected chi connectivity index (χ0v) is 14.6. The van der Waals surface area contributed by atoms with Crippen molar-refractivity contribution in [1.82, 2.24) is 14.7 Å². The fourth-order valence-electron chi connectivity index (χ4n) is 3.38. The molecule has 120 valence electrons. The smallest absolute Gasteiger partial charge is 0.0726 e. The molecule has 0 bridgehead atoms. The highest BCUT2D eigenvalue weighted by Crippen LogP contribution is 2.34. The minimum atomic E-state index is 0.0543. The van der Waals surface area contributed by atoms with E-state index < -0.39 is 0 Å².